The van der Waals surface area contributed by atoms with Gasteiger partial charge in [-0.15, -0.1) is 0 Å². The number of ether oxygens (including phenoxy) is 3. The molecule has 0 aliphatic carbocycles. The molecule has 0 bridgehead atoms. The Balaban J connectivity index is 0. The van der Waals surface area contributed by atoms with Crippen molar-refractivity contribution in [3.63, 3.8) is 0 Å². The highest BCUT2D eigenvalue weighted by Gasteiger charge is 2.21. The average Bonchev–Trinajstić information content (AvgIpc) is 3.09. The highest BCUT2D eigenvalue weighted by Crippen LogP contribution is 2.02. The first-order valence-corrected chi connectivity index (χ1v) is 17.8. The molecule has 1 heterocycles. The molecule has 0 spiro atoms. The number of carboxylic acids is 3. The van der Waals surface area contributed by atoms with Crippen LogP contribution in [0.1, 0.15) is 33.6 Å². The van der Waals surface area contributed by atoms with Crippen LogP contribution in [0.4, 0.5) is 0 Å². The van der Waals surface area contributed by atoms with Crippen molar-refractivity contribution in [2.24, 2.45) is 0 Å². The van der Waals surface area contributed by atoms with Crippen molar-refractivity contribution in [2.45, 2.75) is 33.6 Å². The second kappa shape index (κ2) is 35.6. The molecule has 18 heteroatoms. The van der Waals surface area contributed by atoms with Gasteiger partial charge >= 0.3 is 17.9 Å². The number of rotatable bonds is 25. The first kappa shape index (κ1) is 50.3. The van der Waals surface area contributed by atoms with Crippen LogP contribution in [-0.2, 0) is 38.2 Å². The molecular formula is C33H66N6O12. The molecule has 1 aliphatic rings. The van der Waals surface area contributed by atoms with E-state index < -0.39 is 17.9 Å². The summed E-state index contributed by atoms with van der Waals surface area (Å²) >= 11 is 0. The highest BCUT2D eigenvalue weighted by atomic mass is 16.5. The van der Waals surface area contributed by atoms with Gasteiger partial charge in [-0.2, -0.15) is 0 Å². The zero-order valence-electron chi connectivity index (χ0n) is 31.3. The van der Waals surface area contributed by atoms with Crippen molar-refractivity contribution >= 4 is 30.1 Å². The molecule has 1 rings (SSSR count). The summed E-state index contributed by atoms with van der Waals surface area (Å²) in [6.07, 6.45) is 3.02. The van der Waals surface area contributed by atoms with Crippen LogP contribution >= 0.6 is 0 Å². The van der Waals surface area contributed by atoms with Crippen LogP contribution in [-0.4, -0.2) is 226 Å². The molecule has 0 saturated carbocycles. The summed E-state index contributed by atoms with van der Waals surface area (Å²) in [5, 5.41) is 37.8. The number of hydrogen-bond acceptors (Lipinski definition) is 14. The molecule has 1 saturated heterocycles. The summed E-state index contributed by atoms with van der Waals surface area (Å²) < 4.78 is 16.6. The lowest BCUT2D eigenvalue weighted by Crippen LogP contribution is -2.50. The van der Waals surface area contributed by atoms with Gasteiger partial charge < -0.3 is 44.7 Å². The maximum Gasteiger partial charge on any atom is 0.317 e. The first-order valence-electron chi connectivity index (χ1n) is 17.8. The van der Waals surface area contributed by atoms with E-state index in [-0.39, 0.29) is 32.1 Å². The van der Waals surface area contributed by atoms with Crippen molar-refractivity contribution in [3.8, 4) is 0 Å². The van der Waals surface area contributed by atoms with Crippen LogP contribution in [0.2, 0.25) is 0 Å². The number of aliphatic carboxylic acids is 3. The summed E-state index contributed by atoms with van der Waals surface area (Å²) in [6.45, 7) is 12.8. The molecule has 0 aromatic heterocycles. The van der Waals surface area contributed by atoms with Crippen LogP contribution in [0.3, 0.4) is 0 Å². The Morgan fingerprint density at radius 3 is 1.37 bits per heavy atom. The zero-order chi connectivity index (χ0) is 38.7. The monoisotopic (exact) mass is 738 g/mol. The van der Waals surface area contributed by atoms with Gasteiger partial charge in [-0.25, -0.2) is 0 Å². The fraction of sp³-hybridized carbons (Fsp3) is 0.848. The maximum absolute atomic E-state index is 12.7. The Morgan fingerprint density at radius 2 is 1.00 bits per heavy atom. The van der Waals surface area contributed by atoms with Gasteiger partial charge in [0.2, 0.25) is 5.91 Å². The smallest absolute Gasteiger partial charge is 0.317 e. The van der Waals surface area contributed by atoms with Crippen LogP contribution < -0.4 is 5.32 Å². The molecular weight excluding hydrogens is 672 g/mol. The lowest BCUT2D eigenvalue weighted by molar-refractivity contribution is -0.140. The topological polar surface area (TPSA) is 222 Å². The Hall–Kier alpha value is -2.81. The first-order chi connectivity index (χ1) is 24.6. The molecule has 18 nitrogen and oxygen atoms in total. The van der Waals surface area contributed by atoms with E-state index in [1.807, 2.05) is 18.7 Å². The summed E-state index contributed by atoms with van der Waals surface area (Å²) in [5.41, 5.74) is 0. The van der Waals surface area contributed by atoms with E-state index in [9.17, 15) is 39.3 Å². The predicted molar refractivity (Wildman–Crippen MR) is 191 cm³/mol. The number of carbonyl (C=O) groups excluding carboxylic acids is 2. The van der Waals surface area contributed by atoms with Crippen molar-refractivity contribution in [2.75, 3.05) is 151 Å². The quantitative estimate of drug-likeness (QED) is 0.0535. The van der Waals surface area contributed by atoms with Gasteiger partial charge in [-0.05, 0) is 13.0 Å². The molecule has 1 amide bonds. The average molecular weight is 739 g/mol. The number of amides is 1. The third kappa shape index (κ3) is 31.6. The van der Waals surface area contributed by atoms with Crippen LogP contribution in [0, 0.1) is 0 Å². The molecule has 0 aromatic carbocycles. The van der Waals surface area contributed by atoms with E-state index in [1.165, 1.54) is 0 Å². The third-order valence-electron chi connectivity index (χ3n) is 7.40. The van der Waals surface area contributed by atoms with Gasteiger partial charge in [0.1, 0.15) is 6.29 Å². The number of hydrogen-bond donors (Lipinski definition) is 5. The molecule has 0 unspecified atom stereocenters. The van der Waals surface area contributed by atoms with E-state index in [4.69, 9.17) is 19.3 Å². The minimum absolute atomic E-state index is 0.0432. The molecule has 1 fully saturated rings. The molecule has 51 heavy (non-hydrogen) atoms. The fourth-order valence-electron chi connectivity index (χ4n) is 4.82. The summed E-state index contributed by atoms with van der Waals surface area (Å²) in [7, 11) is 1.00. The number of nitrogens with one attached hydrogen (secondary N) is 1. The van der Waals surface area contributed by atoms with Gasteiger partial charge in [0, 0.05) is 72.6 Å². The number of carbonyl (C=O) groups is 5. The van der Waals surface area contributed by atoms with Crippen molar-refractivity contribution < 1.29 is 58.6 Å². The molecule has 300 valence electrons. The number of aldehydes is 1. The van der Waals surface area contributed by atoms with Crippen molar-refractivity contribution in [1.82, 2.24) is 29.8 Å². The lowest BCUT2D eigenvalue weighted by Gasteiger charge is -2.32. The van der Waals surface area contributed by atoms with Gasteiger partial charge in [0.15, 0.2) is 0 Å². The second-order valence-electron chi connectivity index (χ2n) is 11.3. The number of carboxylic acid groups (broad SMARTS) is 3. The van der Waals surface area contributed by atoms with Crippen molar-refractivity contribution in [3.05, 3.63) is 0 Å². The third-order valence-corrected chi connectivity index (χ3v) is 7.40. The number of unbranched alkanes of at least 4 members (excludes halogenated alkanes) is 1. The van der Waals surface area contributed by atoms with Gasteiger partial charge in [-0.3, -0.25) is 43.7 Å². The van der Waals surface area contributed by atoms with Crippen LogP contribution in [0.25, 0.3) is 0 Å². The van der Waals surface area contributed by atoms with E-state index in [0.717, 1.165) is 32.8 Å². The maximum atomic E-state index is 12.7. The minimum atomic E-state index is -1.02. The van der Waals surface area contributed by atoms with Gasteiger partial charge in [0.25, 0.3) is 0 Å². The largest absolute Gasteiger partial charge is 0.480 e. The number of nitrogens with zero attached hydrogens (tertiary/aromatic N) is 5. The molecule has 1 aliphatic heterocycles. The Bertz CT molecular complexity index is 872. The van der Waals surface area contributed by atoms with Crippen molar-refractivity contribution in [1.29, 1.82) is 0 Å². The molecule has 0 atom stereocenters. The van der Waals surface area contributed by atoms with E-state index in [0.29, 0.717) is 112 Å². The normalized spacial score (nSPS) is 15.3. The number of aliphatic hydroxyl groups excluding tert-OH is 1. The molecule has 0 aromatic rings. The van der Waals surface area contributed by atoms with E-state index in [2.05, 4.69) is 17.1 Å². The zero-order valence-corrected chi connectivity index (χ0v) is 31.3. The number of aliphatic hydroxyl groups is 1. The summed E-state index contributed by atoms with van der Waals surface area (Å²) in [6, 6.07) is 0. The van der Waals surface area contributed by atoms with Crippen LogP contribution in [0.5, 0.6) is 0 Å². The second-order valence-corrected chi connectivity index (χ2v) is 11.3. The van der Waals surface area contributed by atoms with Gasteiger partial charge in [-0.1, -0.05) is 27.2 Å². The van der Waals surface area contributed by atoms with E-state index in [1.54, 1.807) is 14.7 Å². The molecule has 5 N–H and O–H groups in total. The predicted octanol–water partition coefficient (Wildman–Crippen LogP) is -1.44. The Kier molecular flexibility index (Phi) is 35.1. The Morgan fingerprint density at radius 1 is 0.627 bits per heavy atom. The van der Waals surface area contributed by atoms with Gasteiger partial charge in [0.05, 0.1) is 72.4 Å². The Labute approximate surface area is 303 Å². The van der Waals surface area contributed by atoms with Crippen LogP contribution in [0.15, 0.2) is 0 Å². The minimum Gasteiger partial charge on any atom is -0.480 e. The summed E-state index contributed by atoms with van der Waals surface area (Å²) in [5.74, 6) is -3.27. The molecule has 0 radical (unpaired) electrons. The summed E-state index contributed by atoms with van der Waals surface area (Å²) in [4.78, 5) is 66.7. The standard InChI is InChI=1S/C30H56N6O11.C2H6.CH4O/c1-2-3-5-32(14-16-37)15-18-46-20-22-47-21-19-45-17-4-31-27(38)23-33-6-8-34(24-28(39)40)10-12-36(26-30(43)44)13-11-35(9-7-33)25-29(41)42;2*1-2/h16H,2-15,17-26H2,1H3,(H,31,38)(H,39,40)(H,41,42)(H,43,44);1-2H3;2H,1H3. The van der Waals surface area contributed by atoms with E-state index >= 15 is 0 Å². The lowest BCUT2D eigenvalue weighted by atomic mass is 10.3. The SMILES string of the molecule is CC.CCCCN(CC=O)CCOCCOCCOCCNC(=O)CN1CCN(CC(=O)O)CCN(CC(=O)O)CCN(CC(=O)O)CC1.CO. The highest BCUT2D eigenvalue weighted by molar-refractivity contribution is 5.78. The fourth-order valence-corrected chi connectivity index (χ4v) is 4.82.